The van der Waals surface area contributed by atoms with Gasteiger partial charge in [-0.15, -0.1) is 0 Å². The first-order chi connectivity index (χ1) is 7.47. The van der Waals surface area contributed by atoms with Crippen LogP contribution in [0.25, 0.3) is 11.0 Å². The molecule has 0 saturated heterocycles. The highest BCUT2D eigenvalue weighted by Gasteiger charge is 2.18. The smallest absolute Gasteiger partial charge is 0.419 e. The Labute approximate surface area is 93.9 Å². The van der Waals surface area contributed by atoms with Crippen LogP contribution in [0, 0.1) is 0 Å². The molecule has 0 bridgehead atoms. The summed E-state index contributed by atoms with van der Waals surface area (Å²) in [6.07, 6.45) is 2.99. The fourth-order valence-corrected chi connectivity index (χ4v) is 1.44. The minimum absolute atomic E-state index is 0.379. The van der Waals surface area contributed by atoms with Gasteiger partial charge in [0, 0.05) is 12.4 Å². The molecule has 0 spiro atoms. The predicted molar refractivity (Wildman–Crippen MR) is 61.4 cm³/mol. The normalized spacial score (nSPS) is 11.7. The summed E-state index contributed by atoms with van der Waals surface area (Å²) < 4.78 is 6.75. The van der Waals surface area contributed by atoms with Gasteiger partial charge in [-0.3, -0.25) is 9.55 Å². The van der Waals surface area contributed by atoms with Gasteiger partial charge in [0.15, 0.2) is 0 Å². The molecule has 0 N–H and O–H groups in total. The number of aromatic nitrogens is 2. The summed E-state index contributed by atoms with van der Waals surface area (Å²) in [4.78, 5) is 16.0. The molecular weight excluding hydrogens is 204 g/mol. The molecule has 0 unspecified atom stereocenters. The van der Waals surface area contributed by atoms with Gasteiger partial charge < -0.3 is 4.74 Å². The molecule has 0 saturated carbocycles. The zero-order valence-corrected chi connectivity index (χ0v) is 9.60. The van der Waals surface area contributed by atoms with E-state index in [4.69, 9.17) is 4.74 Å². The van der Waals surface area contributed by atoms with E-state index in [1.807, 2.05) is 26.8 Å². The van der Waals surface area contributed by atoms with E-state index in [0.717, 1.165) is 11.0 Å². The quantitative estimate of drug-likeness (QED) is 0.683. The zero-order chi connectivity index (χ0) is 11.8. The Morgan fingerprint density at radius 2 is 2.12 bits per heavy atom. The van der Waals surface area contributed by atoms with Crippen molar-refractivity contribution in [3.05, 3.63) is 30.6 Å². The van der Waals surface area contributed by atoms with Gasteiger partial charge in [0.25, 0.3) is 0 Å². The third-order valence-electron chi connectivity index (χ3n) is 2.05. The summed E-state index contributed by atoms with van der Waals surface area (Å²) >= 11 is 0. The van der Waals surface area contributed by atoms with Crippen LogP contribution >= 0.6 is 0 Å². The van der Waals surface area contributed by atoms with Crippen molar-refractivity contribution in [2.24, 2.45) is 0 Å². The average molecular weight is 218 g/mol. The van der Waals surface area contributed by atoms with E-state index < -0.39 is 5.60 Å². The summed E-state index contributed by atoms with van der Waals surface area (Å²) in [6.45, 7) is 5.53. The van der Waals surface area contributed by atoms with E-state index in [1.165, 1.54) is 4.57 Å². The molecule has 16 heavy (non-hydrogen) atoms. The van der Waals surface area contributed by atoms with Crippen molar-refractivity contribution in [1.82, 2.24) is 9.55 Å². The van der Waals surface area contributed by atoms with E-state index in [2.05, 4.69) is 4.98 Å². The topological polar surface area (TPSA) is 44.1 Å². The summed E-state index contributed by atoms with van der Waals surface area (Å²) in [5, 5.41) is 0. The Bertz CT molecular complexity index is 523. The van der Waals surface area contributed by atoms with Crippen molar-refractivity contribution in [3.8, 4) is 0 Å². The van der Waals surface area contributed by atoms with Crippen LogP contribution in [0.15, 0.2) is 30.6 Å². The summed E-state index contributed by atoms with van der Waals surface area (Å²) in [5.74, 6) is 0. The number of carbonyl (C=O) groups excluding carboxylic acids is 1. The molecule has 0 atom stereocenters. The van der Waals surface area contributed by atoms with E-state index in [-0.39, 0.29) is 6.09 Å². The van der Waals surface area contributed by atoms with Gasteiger partial charge in [-0.05, 0) is 39.0 Å². The van der Waals surface area contributed by atoms with Crippen LogP contribution in [0.1, 0.15) is 20.8 Å². The van der Waals surface area contributed by atoms with E-state index in [1.54, 1.807) is 24.5 Å². The Kier molecular flexibility index (Phi) is 2.42. The highest BCUT2D eigenvalue weighted by molar-refractivity contribution is 5.87. The monoisotopic (exact) mass is 218 g/mol. The van der Waals surface area contributed by atoms with Crippen molar-refractivity contribution < 1.29 is 9.53 Å². The van der Waals surface area contributed by atoms with Gasteiger partial charge in [0.2, 0.25) is 0 Å². The Morgan fingerprint density at radius 3 is 2.81 bits per heavy atom. The lowest BCUT2D eigenvalue weighted by Gasteiger charge is -2.19. The second-order valence-electron chi connectivity index (χ2n) is 4.57. The molecule has 0 aliphatic carbocycles. The third kappa shape index (κ3) is 2.05. The minimum Gasteiger partial charge on any atom is -0.443 e. The first-order valence-electron chi connectivity index (χ1n) is 5.13. The Morgan fingerprint density at radius 1 is 1.38 bits per heavy atom. The lowest BCUT2D eigenvalue weighted by atomic mass is 10.2. The molecule has 0 fully saturated rings. The Hall–Kier alpha value is -1.84. The van der Waals surface area contributed by atoms with Crippen molar-refractivity contribution in [3.63, 3.8) is 0 Å². The van der Waals surface area contributed by atoms with Gasteiger partial charge >= 0.3 is 6.09 Å². The molecule has 0 aromatic carbocycles. The van der Waals surface area contributed by atoms with Crippen molar-refractivity contribution in [2.75, 3.05) is 0 Å². The number of carbonyl (C=O) groups is 1. The summed E-state index contributed by atoms with van der Waals surface area (Å²) in [6, 6.07) is 5.43. The molecule has 0 amide bonds. The molecule has 2 rings (SSSR count). The fraction of sp³-hybridized carbons (Fsp3) is 0.333. The van der Waals surface area contributed by atoms with E-state index >= 15 is 0 Å². The van der Waals surface area contributed by atoms with Crippen LogP contribution < -0.4 is 0 Å². The predicted octanol–water partition coefficient (Wildman–Crippen LogP) is 2.82. The van der Waals surface area contributed by atoms with Gasteiger partial charge in [0.05, 0.1) is 11.0 Å². The molecule has 0 aliphatic rings. The van der Waals surface area contributed by atoms with Crippen molar-refractivity contribution >= 4 is 17.1 Å². The highest BCUT2D eigenvalue weighted by Crippen LogP contribution is 2.15. The van der Waals surface area contributed by atoms with Crippen molar-refractivity contribution in [1.29, 1.82) is 0 Å². The summed E-state index contributed by atoms with van der Waals surface area (Å²) in [5.41, 5.74) is 1.06. The SMILES string of the molecule is CC(C)(C)OC(=O)n1ccc2ncccc21. The highest BCUT2D eigenvalue weighted by atomic mass is 16.6. The number of ether oxygens (including phenoxy) is 1. The maximum Gasteiger partial charge on any atom is 0.419 e. The maximum absolute atomic E-state index is 11.8. The van der Waals surface area contributed by atoms with Crippen LogP contribution in [-0.2, 0) is 4.74 Å². The van der Waals surface area contributed by atoms with Crippen LogP contribution in [0.5, 0.6) is 0 Å². The van der Waals surface area contributed by atoms with Crippen LogP contribution in [0.4, 0.5) is 4.79 Å². The number of hydrogen-bond acceptors (Lipinski definition) is 3. The Balaban J connectivity index is 2.37. The molecule has 0 aliphatic heterocycles. The second-order valence-corrected chi connectivity index (χ2v) is 4.57. The van der Waals surface area contributed by atoms with Gasteiger partial charge in [0.1, 0.15) is 5.60 Å². The van der Waals surface area contributed by atoms with Crippen molar-refractivity contribution in [2.45, 2.75) is 26.4 Å². The van der Waals surface area contributed by atoms with E-state index in [9.17, 15) is 4.79 Å². The maximum atomic E-state index is 11.8. The molecule has 2 aromatic rings. The molecule has 4 heteroatoms. The third-order valence-corrected chi connectivity index (χ3v) is 2.05. The number of rotatable bonds is 0. The lowest BCUT2D eigenvalue weighted by molar-refractivity contribution is 0.0544. The largest absolute Gasteiger partial charge is 0.443 e. The summed E-state index contributed by atoms with van der Waals surface area (Å²) in [7, 11) is 0. The first-order valence-corrected chi connectivity index (χ1v) is 5.13. The second kappa shape index (κ2) is 3.63. The first kappa shape index (κ1) is 10.7. The standard InChI is InChI=1S/C12H14N2O2/c1-12(2,3)16-11(15)14-8-6-9-10(14)5-4-7-13-9/h4-8H,1-3H3. The molecule has 2 aromatic heterocycles. The minimum atomic E-state index is -0.490. The van der Waals surface area contributed by atoms with Gasteiger partial charge in [-0.2, -0.15) is 0 Å². The van der Waals surface area contributed by atoms with E-state index in [0.29, 0.717) is 0 Å². The number of fused-ring (bicyclic) bond motifs is 1. The number of pyridine rings is 1. The van der Waals surface area contributed by atoms with Crippen LogP contribution in [0.3, 0.4) is 0 Å². The lowest BCUT2D eigenvalue weighted by Crippen LogP contribution is -2.26. The molecule has 84 valence electrons. The molecule has 4 nitrogen and oxygen atoms in total. The van der Waals surface area contributed by atoms with Gasteiger partial charge in [-0.1, -0.05) is 0 Å². The number of hydrogen-bond donors (Lipinski definition) is 0. The number of nitrogens with zero attached hydrogens (tertiary/aromatic N) is 2. The van der Waals surface area contributed by atoms with Gasteiger partial charge in [-0.25, -0.2) is 4.79 Å². The molecule has 2 heterocycles. The van der Waals surface area contributed by atoms with Crippen LogP contribution in [0.2, 0.25) is 0 Å². The molecule has 0 radical (unpaired) electrons. The average Bonchev–Trinajstić information content (AvgIpc) is 2.58. The zero-order valence-electron chi connectivity index (χ0n) is 9.60. The van der Waals surface area contributed by atoms with Crippen LogP contribution in [-0.4, -0.2) is 21.2 Å². The molecular formula is C12H14N2O2. The fourth-order valence-electron chi connectivity index (χ4n) is 1.44.